The lowest BCUT2D eigenvalue weighted by atomic mass is 9.64. The third-order valence-corrected chi connectivity index (χ3v) is 4.74. The third-order valence-electron chi connectivity index (χ3n) is 4.74. The maximum atomic E-state index is 10.8. The molecule has 0 fully saturated rings. The lowest BCUT2D eigenvalue weighted by Crippen LogP contribution is -2.50. The molecule has 0 heterocycles. The second-order valence-corrected chi connectivity index (χ2v) is 5.70. The number of aliphatic hydroxyl groups is 1. The summed E-state index contributed by atoms with van der Waals surface area (Å²) < 4.78 is 0. The molecule has 3 unspecified atom stereocenters. The molecule has 0 bridgehead atoms. The summed E-state index contributed by atoms with van der Waals surface area (Å²) in [6, 6.07) is 8.49. The maximum Gasteiger partial charge on any atom is 0.0674 e. The molecule has 1 aromatic rings. The molecular weight excluding hydrogens is 222 g/mol. The smallest absolute Gasteiger partial charge is 0.0674 e. The molecule has 0 saturated heterocycles. The lowest BCUT2D eigenvalue weighted by Gasteiger charge is -2.44. The van der Waals surface area contributed by atoms with E-state index in [9.17, 15) is 5.11 Å². The molecule has 100 valence electrons. The molecular formula is C16H25NO. The number of benzene rings is 1. The average molecular weight is 247 g/mol. The summed E-state index contributed by atoms with van der Waals surface area (Å²) in [5.41, 5.74) is 8.51. The Morgan fingerprint density at radius 1 is 1.39 bits per heavy atom. The zero-order valence-electron chi connectivity index (χ0n) is 11.5. The Kier molecular flexibility index (Phi) is 4.08. The van der Waals surface area contributed by atoms with E-state index in [4.69, 9.17) is 5.73 Å². The van der Waals surface area contributed by atoms with Crippen LogP contribution < -0.4 is 5.73 Å². The fraction of sp³-hybridized carbons (Fsp3) is 0.625. The lowest BCUT2D eigenvalue weighted by molar-refractivity contribution is 0.0266. The molecule has 0 amide bonds. The summed E-state index contributed by atoms with van der Waals surface area (Å²) in [5, 5.41) is 10.8. The van der Waals surface area contributed by atoms with Crippen molar-refractivity contribution in [3.63, 3.8) is 0 Å². The molecule has 1 aromatic carbocycles. The predicted molar refractivity (Wildman–Crippen MR) is 75.6 cm³/mol. The molecule has 1 aliphatic carbocycles. The van der Waals surface area contributed by atoms with Crippen molar-refractivity contribution in [2.24, 2.45) is 11.7 Å². The van der Waals surface area contributed by atoms with Gasteiger partial charge in [0.15, 0.2) is 0 Å². The van der Waals surface area contributed by atoms with Gasteiger partial charge in [0.05, 0.1) is 6.10 Å². The second-order valence-electron chi connectivity index (χ2n) is 5.70. The summed E-state index contributed by atoms with van der Waals surface area (Å²) in [4.78, 5) is 0. The Labute approximate surface area is 110 Å². The average Bonchev–Trinajstić information content (AvgIpc) is 2.44. The molecule has 3 atom stereocenters. The first-order valence-corrected chi connectivity index (χ1v) is 7.12. The van der Waals surface area contributed by atoms with Crippen LogP contribution in [0.4, 0.5) is 0 Å². The Balaban J connectivity index is 2.45. The normalized spacial score (nSPS) is 26.4. The number of hydrogen-bond acceptors (Lipinski definition) is 2. The SMILES string of the molecule is CCC(C)C(O)C1(CN)CCCc2ccccc21. The minimum Gasteiger partial charge on any atom is -0.392 e. The van der Waals surface area contributed by atoms with Gasteiger partial charge in [-0.1, -0.05) is 44.5 Å². The van der Waals surface area contributed by atoms with E-state index >= 15 is 0 Å². The van der Waals surface area contributed by atoms with Gasteiger partial charge in [-0.05, 0) is 36.3 Å². The second kappa shape index (κ2) is 5.41. The zero-order chi connectivity index (χ0) is 13.2. The molecule has 1 aliphatic rings. The van der Waals surface area contributed by atoms with Gasteiger partial charge in [0, 0.05) is 12.0 Å². The minimum absolute atomic E-state index is 0.232. The van der Waals surface area contributed by atoms with E-state index in [1.807, 2.05) is 0 Å². The highest BCUT2D eigenvalue weighted by Crippen LogP contribution is 2.41. The van der Waals surface area contributed by atoms with Crippen LogP contribution in [-0.2, 0) is 11.8 Å². The van der Waals surface area contributed by atoms with Gasteiger partial charge >= 0.3 is 0 Å². The molecule has 0 spiro atoms. The molecule has 0 saturated carbocycles. The highest BCUT2D eigenvalue weighted by atomic mass is 16.3. The number of rotatable bonds is 4. The Hall–Kier alpha value is -0.860. The van der Waals surface area contributed by atoms with E-state index in [1.54, 1.807) is 0 Å². The Morgan fingerprint density at radius 3 is 2.78 bits per heavy atom. The summed E-state index contributed by atoms with van der Waals surface area (Å²) >= 11 is 0. The molecule has 2 nitrogen and oxygen atoms in total. The van der Waals surface area contributed by atoms with Gasteiger partial charge < -0.3 is 10.8 Å². The van der Waals surface area contributed by atoms with Crippen molar-refractivity contribution < 1.29 is 5.11 Å². The van der Waals surface area contributed by atoms with Crippen molar-refractivity contribution in [2.45, 2.75) is 51.0 Å². The molecule has 2 rings (SSSR count). The van der Waals surface area contributed by atoms with E-state index in [2.05, 4.69) is 38.1 Å². The van der Waals surface area contributed by atoms with Crippen molar-refractivity contribution in [2.75, 3.05) is 6.54 Å². The summed E-state index contributed by atoms with van der Waals surface area (Å²) in [7, 11) is 0. The first-order chi connectivity index (χ1) is 8.65. The number of aryl methyl sites for hydroxylation is 1. The van der Waals surface area contributed by atoms with Gasteiger partial charge in [-0.15, -0.1) is 0 Å². The minimum atomic E-state index is -0.339. The Morgan fingerprint density at radius 2 is 2.11 bits per heavy atom. The quantitative estimate of drug-likeness (QED) is 0.859. The van der Waals surface area contributed by atoms with Crippen LogP contribution in [0.25, 0.3) is 0 Å². The molecule has 0 aliphatic heterocycles. The number of nitrogens with two attached hydrogens (primary N) is 1. The summed E-state index contributed by atoms with van der Waals surface area (Å²) in [6.45, 7) is 4.79. The topological polar surface area (TPSA) is 46.2 Å². The highest BCUT2D eigenvalue weighted by molar-refractivity contribution is 5.38. The van der Waals surface area contributed by atoms with E-state index in [0.717, 1.165) is 25.7 Å². The fourth-order valence-corrected chi connectivity index (χ4v) is 3.36. The van der Waals surface area contributed by atoms with E-state index in [1.165, 1.54) is 11.1 Å². The van der Waals surface area contributed by atoms with Crippen molar-refractivity contribution in [1.29, 1.82) is 0 Å². The van der Waals surface area contributed by atoms with Gasteiger partial charge in [-0.3, -0.25) is 0 Å². The predicted octanol–water partition coefficient (Wildman–Crippen LogP) is 2.63. The Bertz CT molecular complexity index is 404. The number of hydrogen-bond donors (Lipinski definition) is 2. The van der Waals surface area contributed by atoms with Crippen LogP contribution in [0.5, 0.6) is 0 Å². The van der Waals surface area contributed by atoms with Crippen LogP contribution in [0.1, 0.15) is 44.2 Å². The van der Waals surface area contributed by atoms with Crippen LogP contribution in [0.15, 0.2) is 24.3 Å². The van der Waals surface area contributed by atoms with Crippen LogP contribution in [-0.4, -0.2) is 17.8 Å². The third kappa shape index (κ3) is 2.08. The molecule has 0 aromatic heterocycles. The fourth-order valence-electron chi connectivity index (χ4n) is 3.36. The zero-order valence-corrected chi connectivity index (χ0v) is 11.5. The van der Waals surface area contributed by atoms with Crippen molar-refractivity contribution in [1.82, 2.24) is 0 Å². The van der Waals surface area contributed by atoms with E-state index < -0.39 is 0 Å². The molecule has 3 N–H and O–H groups in total. The van der Waals surface area contributed by atoms with Crippen molar-refractivity contribution in [3.05, 3.63) is 35.4 Å². The standard InChI is InChI=1S/C16H25NO/c1-3-12(2)15(18)16(11-17)10-6-8-13-7-4-5-9-14(13)16/h4-5,7,9,12,15,18H,3,6,8,10-11,17H2,1-2H3. The monoisotopic (exact) mass is 247 g/mol. The van der Waals surface area contributed by atoms with Gasteiger partial charge in [-0.25, -0.2) is 0 Å². The molecule has 2 heteroatoms. The maximum absolute atomic E-state index is 10.8. The van der Waals surface area contributed by atoms with Crippen molar-refractivity contribution in [3.8, 4) is 0 Å². The van der Waals surface area contributed by atoms with Crippen molar-refractivity contribution >= 4 is 0 Å². The van der Waals surface area contributed by atoms with E-state index in [0.29, 0.717) is 12.5 Å². The molecule has 18 heavy (non-hydrogen) atoms. The van der Waals surface area contributed by atoms with Gasteiger partial charge in [0.2, 0.25) is 0 Å². The van der Waals surface area contributed by atoms with Gasteiger partial charge in [-0.2, -0.15) is 0 Å². The van der Waals surface area contributed by atoms with Crippen LogP contribution in [0.2, 0.25) is 0 Å². The van der Waals surface area contributed by atoms with Gasteiger partial charge in [0.1, 0.15) is 0 Å². The summed E-state index contributed by atoms with van der Waals surface area (Å²) in [5.74, 6) is 0.291. The van der Waals surface area contributed by atoms with Crippen LogP contribution >= 0.6 is 0 Å². The number of aliphatic hydroxyl groups excluding tert-OH is 1. The van der Waals surface area contributed by atoms with E-state index in [-0.39, 0.29) is 11.5 Å². The number of fused-ring (bicyclic) bond motifs is 1. The van der Waals surface area contributed by atoms with Crippen LogP contribution in [0, 0.1) is 5.92 Å². The van der Waals surface area contributed by atoms with Gasteiger partial charge in [0.25, 0.3) is 0 Å². The largest absolute Gasteiger partial charge is 0.392 e. The van der Waals surface area contributed by atoms with Crippen LogP contribution in [0.3, 0.4) is 0 Å². The summed E-state index contributed by atoms with van der Waals surface area (Å²) in [6.07, 6.45) is 3.90. The first kappa shape index (κ1) is 13.6. The highest BCUT2D eigenvalue weighted by Gasteiger charge is 2.43. The molecule has 0 radical (unpaired) electrons. The first-order valence-electron chi connectivity index (χ1n) is 7.12.